The van der Waals surface area contributed by atoms with Crippen LogP contribution in [0.25, 0.3) is 0 Å². The molecule has 2 aromatic rings. The third-order valence-electron chi connectivity index (χ3n) is 5.26. The normalized spacial score (nSPS) is 20.5. The Balaban J connectivity index is 0.000000317. The van der Waals surface area contributed by atoms with Crippen LogP contribution in [-0.2, 0) is 25.7 Å². The standard InChI is InChI=1S/C17H21N5O2S.2C2HF3O2/c1-11-20-21-17(25-11)22-9-7-14-13(22)5-6-15(24-14)16(23)19-10-12-4-2-3-8-18-12;2*3-2(4,5)1(6)7/h2-4,8,13-15H,5-7,9-10H2,1H3,(H,19,23);2*(H,6,7)/t13-,14-,15+;;/m1../s1. The van der Waals surface area contributed by atoms with Crippen molar-refractivity contribution >= 4 is 34.3 Å². The highest BCUT2D eigenvalue weighted by molar-refractivity contribution is 7.15. The first-order valence-corrected chi connectivity index (χ1v) is 11.9. The Morgan fingerprint density at radius 1 is 1.05 bits per heavy atom. The first kappa shape index (κ1) is 31.7. The molecule has 0 aromatic carbocycles. The molecule has 4 rings (SSSR count). The second kappa shape index (κ2) is 13.5. The maximum Gasteiger partial charge on any atom is 0.490 e. The van der Waals surface area contributed by atoms with E-state index in [1.807, 2.05) is 25.1 Å². The lowest BCUT2D eigenvalue weighted by Crippen LogP contribution is -2.47. The van der Waals surface area contributed by atoms with Gasteiger partial charge in [0.2, 0.25) is 11.0 Å². The fraction of sp³-hybridized carbons (Fsp3) is 0.524. The van der Waals surface area contributed by atoms with E-state index in [0.29, 0.717) is 12.6 Å². The van der Waals surface area contributed by atoms with E-state index in [1.54, 1.807) is 17.5 Å². The fourth-order valence-electron chi connectivity index (χ4n) is 3.55. The van der Waals surface area contributed by atoms with Crippen molar-refractivity contribution in [1.29, 1.82) is 0 Å². The van der Waals surface area contributed by atoms with Crippen molar-refractivity contribution in [2.24, 2.45) is 0 Å². The molecule has 11 nitrogen and oxygen atoms in total. The summed E-state index contributed by atoms with van der Waals surface area (Å²) in [5, 5.41) is 27.5. The largest absolute Gasteiger partial charge is 0.490 e. The number of aliphatic carboxylic acids is 2. The predicted molar refractivity (Wildman–Crippen MR) is 122 cm³/mol. The molecule has 18 heteroatoms. The molecule has 0 aliphatic carbocycles. The van der Waals surface area contributed by atoms with Gasteiger partial charge in [-0.3, -0.25) is 9.78 Å². The number of aromatic nitrogens is 3. The number of rotatable bonds is 4. The molecule has 1 amide bonds. The third kappa shape index (κ3) is 9.93. The van der Waals surface area contributed by atoms with Crippen LogP contribution in [0.2, 0.25) is 0 Å². The number of alkyl halides is 6. The Labute approximate surface area is 220 Å². The molecule has 4 heterocycles. The number of carboxylic acid groups (broad SMARTS) is 2. The Hall–Kier alpha value is -3.54. The van der Waals surface area contributed by atoms with E-state index in [0.717, 1.165) is 41.6 Å². The van der Waals surface area contributed by atoms with Gasteiger partial charge in [-0.15, -0.1) is 10.2 Å². The van der Waals surface area contributed by atoms with Crippen LogP contribution < -0.4 is 10.2 Å². The number of hydrogen-bond acceptors (Lipinski definition) is 9. The summed E-state index contributed by atoms with van der Waals surface area (Å²) in [6.07, 6.45) is -6.14. The summed E-state index contributed by atoms with van der Waals surface area (Å²) in [6, 6.07) is 5.98. The lowest BCUT2D eigenvalue weighted by Gasteiger charge is -2.35. The van der Waals surface area contributed by atoms with E-state index in [2.05, 4.69) is 25.4 Å². The van der Waals surface area contributed by atoms with Crippen LogP contribution >= 0.6 is 11.3 Å². The number of amides is 1. The van der Waals surface area contributed by atoms with Gasteiger partial charge in [0.15, 0.2) is 0 Å². The van der Waals surface area contributed by atoms with E-state index in [9.17, 15) is 31.1 Å². The average Bonchev–Trinajstić information content (AvgIpc) is 3.48. The van der Waals surface area contributed by atoms with Crippen LogP contribution in [0.3, 0.4) is 0 Å². The molecule has 2 fully saturated rings. The van der Waals surface area contributed by atoms with Crippen LogP contribution in [0.1, 0.15) is 30.0 Å². The molecule has 3 N–H and O–H groups in total. The van der Waals surface area contributed by atoms with Crippen molar-refractivity contribution in [1.82, 2.24) is 20.5 Å². The summed E-state index contributed by atoms with van der Waals surface area (Å²) in [5.74, 6) is -5.56. The molecule has 2 aliphatic rings. The first-order chi connectivity index (χ1) is 18.1. The first-order valence-electron chi connectivity index (χ1n) is 11.1. The second-order valence-electron chi connectivity index (χ2n) is 8.04. The zero-order valence-electron chi connectivity index (χ0n) is 20.1. The predicted octanol–water partition coefficient (Wildman–Crippen LogP) is 2.95. The summed E-state index contributed by atoms with van der Waals surface area (Å²) < 4.78 is 69.6. The molecule has 216 valence electrons. The monoisotopic (exact) mass is 587 g/mol. The van der Waals surface area contributed by atoms with Crippen molar-refractivity contribution in [3.63, 3.8) is 0 Å². The number of anilines is 1. The summed E-state index contributed by atoms with van der Waals surface area (Å²) in [5.41, 5.74) is 0.850. The van der Waals surface area contributed by atoms with Crippen molar-refractivity contribution in [2.75, 3.05) is 11.4 Å². The Kier molecular flexibility index (Phi) is 11.0. The SMILES string of the molecule is Cc1nnc(N2CC[C@H]3O[C@H](C(=O)NCc4ccccn4)CC[C@H]32)s1.O=C(O)C(F)(F)F.O=C(O)C(F)(F)F. The molecule has 0 spiro atoms. The molecule has 2 aromatic heterocycles. The van der Waals surface area contributed by atoms with E-state index in [1.165, 1.54) is 0 Å². The molecular formula is C21H23F6N5O6S. The highest BCUT2D eigenvalue weighted by Crippen LogP contribution is 2.36. The van der Waals surface area contributed by atoms with Crippen molar-refractivity contribution in [3.8, 4) is 0 Å². The van der Waals surface area contributed by atoms with Gasteiger partial charge in [0.05, 0.1) is 24.4 Å². The van der Waals surface area contributed by atoms with Crippen LogP contribution in [0.15, 0.2) is 24.4 Å². The molecule has 0 unspecified atom stereocenters. The summed E-state index contributed by atoms with van der Waals surface area (Å²) in [6.45, 7) is 3.31. The van der Waals surface area contributed by atoms with Gasteiger partial charge < -0.3 is 25.2 Å². The van der Waals surface area contributed by atoms with E-state index in [4.69, 9.17) is 24.5 Å². The number of fused-ring (bicyclic) bond motifs is 1. The number of nitrogens with one attached hydrogen (secondary N) is 1. The zero-order chi connectivity index (χ0) is 29.4. The van der Waals surface area contributed by atoms with Crippen LogP contribution in [-0.4, -0.2) is 80.4 Å². The number of carbonyl (C=O) groups excluding carboxylic acids is 1. The van der Waals surface area contributed by atoms with Crippen LogP contribution in [0.5, 0.6) is 0 Å². The lowest BCUT2D eigenvalue weighted by atomic mass is 9.99. The molecule has 0 radical (unpaired) electrons. The van der Waals surface area contributed by atoms with E-state index in [-0.39, 0.29) is 18.1 Å². The molecular weight excluding hydrogens is 564 g/mol. The quantitative estimate of drug-likeness (QED) is 0.455. The number of aryl methyl sites for hydroxylation is 1. The lowest BCUT2D eigenvalue weighted by molar-refractivity contribution is -0.193. The number of hydrogen-bond donors (Lipinski definition) is 3. The van der Waals surface area contributed by atoms with Gasteiger partial charge in [0, 0.05) is 12.7 Å². The average molecular weight is 587 g/mol. The molecule has 0 bridgehead atoms. The minimum absolute atomic E-state index is 0.0469. The molecule has 2 aliphatic heterocycles. The summed E-state index contributed by atoms with van der Waals surface area (Å²) in [4.78, 5) is 36.7. The van der Waals surface area contributed by atoms with Crippen LogP contribution in [0.4, 0.5) is 31.5 Å². The highest BCUT2D eigenvalue weighted by Gasteiger charge is 2.43. The number of nitrogens with zero attached hydrogens (tertiary/aromatic N) is 4. The molecule has 39 heavy (non-hydrogen) atoms. The number of halogens is 6. The topological polar surface area (TPSA) is 155 Å². The summed E-state index contributed by atoms with van der Waals surface area (Å²) in [7, 11) is 0. The van der Waals surface area contributed by atoms with E-state index < -0.39 is 24.3 Å². The van der Waals surface area contributed by atoms with Crippen molar-refractivity contribution < 1.29 is 55.7 Å². The van der Waals surface area contributed by atoms with Crippen molar-refractivity contribution in [2.45, 2.75) is 63.3 Å². The van der Waals surface area contributed by atoms with Gasteiger partial charge in [-0.2, -0.15) is 26.3 Å². The van der Waals surface area contributed by atoms with Gasteiger partial charge in [0.1, 0.15) is 11.1 Å². The van der Waals surface area contributed by atoms with Crippen molar-refractivity contribution in [3.05, 3.63) is 35.1 Å². The zero-order valence-corrected chi connectivity index (χ0v) is 20.9. The number of pyridine rings is 1. The molecule has 0 saturated carbocycles. The smallest absolute Gasteiger partial charge is 0.475 e. The number of carbonyl (C=O) groups is 3. The van der Waals surface area contributed by atoms with Crippen LogP contribution in [0, 0.1) is 6.92 Å². The highest BCUT2D eigenvalue weighted by atomic mass is 32.1. The Bertz CT molecular complexity index is 1090. The summed E-state index contributed by atoms with van der Waals surface area (Å²) >= 11 is 1.62. The molecule has 3 atom stereocenters. The second-order valence-corrected chi connectivity index (χ2v) is 9.20. The maximum atomic E-state index is 12.4. The minimum Gasteiger partial charge on any atom is -0.475 e. The van der Waals surface area contributed by atoms with Gasteiger partial charge >= 0.3 is 24.3 Å². The van der Waals surface area contributed by atoms with Gasteiger partial charge in [-0.25, -0.2) is 9.59 Å². The Morgan fingerprint density at radius 3 is 2.15 bits per heavy atom. The number of carboxylic acids is 2. The number of ether oxygens (including phenoxy) is 1. The fourth-order valence-corrected chi connectivity index (χ4v) is 4.33. The minimum atomic E-state index is -5.08. The van der Waals surface area contributed by atoms with Gasteiger partial charge in [-0.05, 0) is 38.3 Å². The van der Waals surface area contributed by atoms with Gasteiger partial charge in [0.25, 0.3) is 0 Å². The van der Waals surface area contributed by atoms with E-state index >= 15 is 0 Å². The maximum absolute atomic E-state index is 12.4. The third-order valence-corrected chi connectivity index (χ3v) is 6.13. The Morgan fingerprint density at radius 2 is 1.67 bits per heavy atom. The molecule has 2 saturated heterocycles. The van der Waals surface area contributed by atoms with Gasteiger partial charge in [-0.1, -0.05) is 17.4 Å².